The molecule has 152 valence electrons. The Morgan fingerprint density at radius 2 is 1.90 bits per heavy atom. The summed E-state index contributed by atoms with van der Waals surface area (Å²) >= 11 is 0. The van der Waals surface area contributed by atoms with E-state index in [4.69, 9.17) is 9.47 Å². The van der Waals surface area contributed by atoms with Crippen LogP contribution in [0.25, 0.3) is 0 Å². The molecule has 2 aromatic carbocycles. The maximum absolute atomic E-state index is 14.3. The molecule has 1 atom stereocenters. The minimum absolute atomic E-state index is 0.0981. The van der Waals surface area contributed by atoms with Crippen molar-refractivity contribution in [2.75, 3.05) is 40.0 Å². The number of ether oxygens (including phenoxy) is 2. The van der Waals surface area contributed by atoms with E-state index in [9.17, 15) is 9.18 Å². The third-order valence-corrected chi connectivity index (χ3v) is 5.31. The molecular formula is C22H24FN3O3. The van der Waals surface area contributed by atoms with Gasteiger partial charge in [0.25, 0.3) is 5.91 Å². The van der Waals surface area contributed by atoms with Gasteiger partial charge in [0.05, 0.1) is 38.6 Å². The molecular weight excluding hydrogens is 373 g/mol. The normalized spacial score (nSPS) is 19.9. The molecule has 0 N–H and O–H groups in total. The summed E-state index contributed by atoms with van der Waals surface area (Å²) in [6, 6.07) is 13.9. The zero-order valence-corrected chi connectivity index (χ0v) is 16.4. The Hall–Kier alpha value is -2.77. The van der Waals surface area contributed by atoms with Crippen molar-refractivity contribution in [2.45, 2.75) is 12.5 Å². The van der Waals surface area contributed by atoms with Gasteiger partial charge >= 0.3 is 0 Å². The lowest BCUT2D eigenvalue weighted by Crippen LogP contribution is -2.43. The van der Waals surface area contributed by atoms with Crippen LogP contribution in [0.1, 0.15) is 23.6 Å². The van der Waals surface area contributed by atoms with Crippen LogP contribution in [-0.4, -0.2) is 61.5 Å². The Morgan fingerprint density at radius 1 is 1.17 bits per heavy atom. The molecule has 2 aliphatic rings. The van der Waals surface area contributed by atoms with Gasteiger partial charge in [0.2, 0.25) is 0 Å². The maximum atomic E-state index is 14.3. The number of methoxy groups -OCH3 is 1. The van der Waals surface area contributed by atoms with Gasteiger partial charge in [-0.3, -0.25) is 9.69 Å². The molecule has 0 bridgehead atoms. The number of amides is 1. The van der Waals surface area contributed by atoms with Crippen LogP contribution in [-0.2, 0) is 9.53 Å². The average molecular weight is 397 g/mol. The summed E-state index contributed by atoms with van der Waals surface area (Å²) in [4.78, 5) is 15.2. The number of halogens is 1. The van der Waals surface area contributed by atoms with Gasteiger partial charge in [-0.2, -0.15) is 5.10 Å². The summed E-state index contributed by atoms with van der Waals surface area (Å²) < 4.78 is 24.9. The van der Waals surface area contributed by atoms with Crippen molar-refractivity contribution in [3.8, 4) is 5.75 Å². The van der Waals surface area contributed by atoms with Crippen LogP contribution in [0, 0.1) is 5.82 Å². The molecule has 1 amide bonds. The quantitative estimate of drug-likeness (QED) is 0.779. The number of carbonyl (C=O) groups is 1. The first-order valence-corrected chi connectivity index (χ1v) is 9.74. The largest absolute Gasteiger partial charge is 0.497 e. The molecule has 1 saturated heterocycles. The third kappa shape index (κ3) is 4.31. The van der Waals surface area contributed by atoms with Crippen molar-refractivity contribution < 1.29 is 18.7 Å². The summed E-state index contributed by atoms with van der Waals surface area (Å²) in [5.74, 6) is 0.314. The fraction of sp³-hybridized carbons (Fsp3) is 0.364. The van der Waals surface area contributed by atoms with Crippen LogP contribution in [0.5, 0.6) is 5.75 Å². The first kappa shape index (κ1) is 19.5. The molecule has 0 aliphatic carbocycles. The van der Waals surface area contributed by atoms with Crippen LogP contribution in [0.15, 0.2) is 53.6 Å². The number of morpholine rings is 1. The van der Waals surface area contributed by atoms with Gasteiger partial charge in [0.15, 0.2) is 0 Å². The molecule has 0 aromatic heterocycles. The number of hydrogen-bond acceptors (Lipinski definition) is 5. The van der Waals surface area contributed by atoms with Gasteiger partial charge < -0.3 is 9.47 Å². The van der Waals surface area contributed by atoms with E-state index in [1.54, 1.807) is 25.3 Å². The molecule has 29 heavy (non-hydrogen) atoms. The van der Waals surface area contributed by atoms with E-state index in [0.717, 1.165) is 24.4 Å². The highest BCUT2D eigenvalue weighted by molar-refractivity contribution is 6.03. The molecule has 2 heterocycles. The number of hydrazone groups is 1. The fourth-order valence-electron chi connectivity index (χ4n) is 3.71. The molecule has 2 aliphatic heterocycles. The smallest absolute Gasteiger partial charge is 0.257 e. The standard InChI is InChI=1S/C22H24FN3O3/c1-28-17-8-6-16(7-9-17)21-14-20(18-4-2-3-5-19(18)23)24-26(21)22(27)15-25-10-12-29-13-11-25/h2-9,21H,10-15H2,1H3. The lowest BCUT2D eigenvalue weighted by molar-refractivity contribution is -0.135. The van der Waals surface area contributed by atoms with Crippen molar-refractivity contribution >= 4 is 11.6 Å². The molecule has 7 heteroatoms. The number of carbonyl (C=O) groups excluding carboxylic acids is 1. The van der Waals surface area contributed by atoms with E-state index in [1.165, 1.54) is 11.1 Å². The fourth-order valence-corrected chi connectivity index (χ4v) is 3.71. The number of nitrogens with zero attached hydrogens (tertiary/aromatic N) is 3. The van der Waals surface area contributed by atoms with Crippen LogP contribution >= 0.6 is 0 Å². The number of hydrogen-bond donors (Lipinski definition) is 0. The van der Waals surface area contributed by atoms with Gasteiger partial charge in [0.1, 0.15) is 11.6 Å². The number of rotatable bonds is 5. The van der Waals surface area contributed by atoms with E-state index in [1.807, 2.05) is 24.3 Å². The first-order valence-electron chi connectivity index (χ1n) is 9.74. The highest BCUT2D eigenvalue weighted by atomic mass is 19.1. The predicted molar refractivity (Wildman–Crippen MR) is 107 cm³/mol. The van der Waals surface area contributed by atoms with Crippen molar-refractivity contribution in [3.63, 3.8) is 0 Å². The first-order chi connectivity index (χ1) is 14.2. The topological polar surface area (TPSA) is 54.4 Å². The van der Waals surface area contributed by atoms with Gasteiger partial charge in [0, 0.05) is 25.1 Å². The van der Waals surface area contributed by atoms with Gasteiger partial charge in [-0.15, -0.1) is 0 Å². The Kier molecular flexibility index (Phi) is 5.87. The van der Waals surface area contributed by atoms with Crippen molar-refractivity contribution in [3.05, 3.63) is 65.5 Å². The van der Waals surface area contributed by atoms with E-state index < -0.39 is 0 Å². The average Bonchev–Trinajstić information content (AvgIpc) is 3.20. The van der Waals surface area contributed by atoms with Crippen molar-refractivity contribution in [1.29, 1.82) is 0 Å². The monoisotopic (exact) mass is 397 g/mol. The van der Waals surface area contributed by atoms with Crippen LogP contribution in [0.4, 0.5) is 4.39 Å². The second-order valence-electron chi connectivity index (χ2n) is 7.15. The highest BCUT2D eigenvalue weighted by Gasteiger charge is 2.34. The molecule has 1 unspecified atom stereocenters. The number of benzene rings is 2. The molecule has 4 rings (SSSR count). The molecule has 0 spiro atoms. The maximum Gasteiger partial charge on any atom is 0.257 e. The van der Waals surface area contributed by atoms with Crippen molar-refractivity contribution in [2.24, 2.45) is 5.10 Å². The second kappa shape index (κ2) is 8.71. The summed E-state index contributed by atoms with van der Waals surface area (Å²) in [7, 11) is 1.61. The molecule has 2 aromatic rings. The van der Waals surface area contributed by atoms with Gasteiger partial charge in [-0.25, -0.2) is 9.40 Å². The van der Waals surface area contributed by atoms with Crippen LogP contribution < -0.4 is 4.74 Å². The Morgan fingerprint density at radius 3 is 2.59 bits per heavy atom. The SMILES string of the molecule is COc1ccc(C2CC(c3ccccc3F)=NN2C(=O)CN2CCOCC2)cc1. The van der Waals surface area contributed by atoms with Crippen LogP contribution in [0.3, 0.4) is 0 Å². The summed E-state index contributed by atoms with van der Waals surface area (Å²) in [6.07, 6.45) is 0.460. The minimum atomic E-state index is -0.331. The molecule has 0 saturated carbocycles. The molecule has 1 fully saturated rings. The highest BCUT2D eigenvalue weighted by Crippen LogP contribution is 2.34. The Labute approximate surface area is 169 Å². The van der Waals surface area contributed by atoms with Gasteiger partial charge in [-0.05, 0) is 23.8 Å². The van der Waals surface area contributed by atoms with E-state index in [2.05, 4.69) is 10.0 Å². The van der Waals surface area contributed by atoms with E-state index in [-0.39, 0.29) is 24.3 Å². The third-order valence-electron chi connectivity index (χ3n) is 5.31. The Balaban J connectivity index is 1.61. The second-order valence-corrected chi connectivity index (χ2v) is 7.15. The summed E-state index contributed by atoms with van der Waals surface area (Å²) in [6.45, 7) is 2.95. The predicted octanol–water partition coefficient (Wildman–Crippen LogP) is 2.84. The van der Waals surface area contributed by atoms with Gasteiger partial charge in [-0.1, -0.05) is 30.3 Å². The van der Waals surface area contributed by atoms with Crippen LogP contribution in [0.2, 0.25) is 0 Å². The summed E-state index contributed by atoms with van der Waals surface area (Å²) in [5, 5.41) is 6.07. The zero-order chi connectivity index (χ0) is 20.2. The lowest BCUT2D eigenvalue weighted by atomic mass is 9.98. The van der Waals surface area contributed by atoms with E-state index >= 15 is 0 Å². The minimum Gasteiger partial charge on any atom is -0.497 e. The Bertz CT molecular complexity index is 894. The van der Waals surface area contributed by atoms with Crippen molar-refractivity contribution in [1.82, 2.24) is 9.91 Å². The molecule has 0 radical (unpaired) electrons. The summed E-state index contributed by atoms with van der Waals surface area (Å²) in [5.41, 5.74) is 1.96. The molecule has 6 nitrogen and oxygen atoms in total. The zero-order valence-electron chi connectivity index (χ0n) is 16.4. The lowest BCUT2D eigenvalue weighted by Gasteiger charge is -2.29. The van der Waals surface area contributed by atoms with E-state index in [0.29, 0.717) is 30.9 Å².